The van der Waals surface area contributed by atoms with Gasteiger partial charge in [0.25, 0.3) is 8.32 Å². The van der Waals surface area contributed by atoms with Crippen molar-refractivity contribution in [3.05, 3.63) is 107 Å². The highest BCUT2D eigenvalue weighted by atomic mass is 28.4. The molecule has 0 aromatic heterocycles. The number of hydrogen-bond acceptors (Lipinski definition) is 8. The number of nitrogens with zero attached hydrogens (tertiary/aromatic N) is 1. The number of likely N-dealkylation sites (tertiary alicyclic amines) is 1. The van der Waals surface area contributed by atoms with E-state index in [1.165, 1.54) is 12.1 Å². The maximum Gasteiger partial charge on any atom is 0.455 e. The summed E-state index contributed by atoms with van der Waals surface area (Å²) in [6.07, 6.45) is 1.37. The summed E-state index contributed by atoms with van der Waals surface area (Å²) in [5.41, 5.74) is 3.15. The third-order valence-corrected chi connectivity index (χ3v) is 15.7. The Kier molecular flexibility index (Phi) is 10.7. The lowest BCUT2D eigenvalue weighted by atomic mass is 9.58. The lowest BCUT2D eigenvalue weighted by Gasteiger charge is -2.46. The third kappa shape index (κ3) is 6.92. The number of methoxy groups -OCH3 is 1. The number of carbonyl (C=O) groups excluding carboxylic acids is 3. The van der Waals surface area contributed by atoms with Crippen molar-refractivity contribution in [3.63, 3.8) is 0 Å². The van der Waals surface area contributed by atoms with Gasteiger partial charge in [-0.25, -0.2) is 9.18 Å². The largest absolute Gasteiger partial charge is 0.505 e. The van der Waals surface area contributed by atoms with Gasteiger partial charge in [-0.1, -0.05) is 99.2 Å². The molecular formula is C40H45BFNO8Si. The van der Waals surface area contributed by atoms with Crippen LogP contribution in [0.2, 0.25) is 11.4 Å². The van der Waals surface area contributed by atoms with Crippen LogP contribution in [0.15, 0.2) is 95.6 Å². The molecule has 3 aromatic rings. The molecule has 0 unspecified atom stereocenters. The number of amides is 3. The SMILES string of the molecule is COC(=O)N1C(=O)[C@@H]2[C@@H](CC(CO[Si](c3ccccc3)(c3ccccc3)C(C)(C)C)=C3[C@@H](CC/C(C)=C/c4ccc(O)c(F)c4)OB(O)C[C@@H]32)C1=O. The van der Waals surface area contributed by atoms with Gasteiger partial charge < -0.3 is 23.9 Å². The molecular weight excluding hydrogens is 680 g/mol. The predicted octanol–water partition coefficient (Wildman–Crippen LogP) is 5.85. The zero-order chi connectivity index (χ0) is 37.4. The van der Waals surface area contributed by atoms with E-state index in [2.05, 4.69) is 45.0 Å². The van der Waals surface area contributed by atoms with E-state index in [4.69, 9.17) is 13.8 Å². The zero-order valence-electron chi connectivity index (χ0n) is 30.2. The molecule has 3 aliphatic rings. The van der Waals surface area contributed by atoms with Crippen molar-refractivity contribution in [1.29, 1.82) is 0 Å². The van der Waals surface area contributed by atoms with Gasteiger partial charge in [-0.3, -0.25) is 9.59 Å². The lowest BCUT2D eigenvalue weighted by molar-refractivity contribution is -0.137. The zero-order valence-corrected chi connectivity index (χ0v) is 31.2. The molecule has 2 saturated heterocycles. The summed E-state index contributed by atoms with van der Waals surface area (Å²) in [4.78, 5) is 40.9. The van der Waals surface area contributed by atoms with Crippen LogP contribution >= 0.6 is 0 Å². The Morgan fingerprint density at radius 2 is 1.65 bits per heavy atom. The van der Waals surface area contributed by atoms with Gasteiger partial charge in [-0.15, -0.1) is 0 Å². The number of aromatic hydroxyl groups is 1. The van der Waals surface area contributed by atoms with Gasteiger partial charge in [0.15, 0.2) is 11.6 Å². The Morgan fingerprint density at radius 3 is 2.23 bits per heavy atom. The topological polar surface area (TPSA) is 123 Å². The van der Waals surface area contributed by atoms with Crippen LogP contribution in [0.5, 0.6) is 5.75 Å². The summed E-state index contributed by atoms with van der Waals surface area (Å²) in [6, 6.07) is 24.6. The summed E-state index contributed by atoms with van der Waals surface area (Å²) in [7, 11) is -3.11. The van der Waals surface area contributed by atoms with E-state index in [9.17, 15) is 28.9 Å². The molecule has 4 atom stereocenters. The van der Waals surface area contributed by atoms with Crippen LogP contribution in [-0.2, 0) is 23.4 Å². The first kappa shape index (κ1) is 37.4. The van der Waals surface area contributed by atoms with Crippen LogP contribution in [0.25, 0.3) is 6.08 Å². The van der Waals surface area contributed by atoms with E-state index < -0.39 is 68.8 Å². The molecule has 9 nitrogen and oxygen atoms in total. The van der Waals surface area contributed by atoms with Gasteiger partial charge in [-0.05, 0) is 82.7 Å². The number of phenols is 1. The van der Waals surface area contributed by atoms with E-state index in [0.29, 0.717) is 23.3 Å². The van der Waals surface area contributed by atoms with Gasteiger partial charge in [-0.2, -0.15) is 4.90 Å². The summed E-state index contributed by atoms with van der Waals surface area (Å²) in [5, 5.41) is 22.5. The highest BCUT2D eigenvalue weighted by Crippen LogP contribution is 2.51. The van der Waals surface area contributed by atoms with Crippen molar-refractivity contribution in [2.24, 2.45) is 17.8 Å². The van der Waals surface area contributed by atoms with E-state index in [0.717, 1.165) is 34.2 Å². The number of hydrogen-bond donors (Lipinski definition) is 2. The van der Waals surface area contributed by atoms with Crippen LogP contribution in [0.4, 0.5) is 9.18 Å². The molecule has 0 spiro atoms. The van der Waals surface area contributed by atoms with E-state index in [1.54, 1.807) is 6.07 Å². The van der Waals surface area contributed by atoms with Gasteiger partial charge >= 0.3 is 13.2 Å². The van der Waals surface area contributed by atoms with Crippen molar-refractivity contribution in [1.82, 2.24) is 4.90 Å². The quantitative estimate of drug-likeness (QED) is 0.160. The van der Waals surface area contributed by atoms with Gasteiger partial charge in [0.1, 0.15) is 0 Å². The fourth-order valence-corrected chi connectivity index (χ4v) is 13.0. The van der Waals surface area contributed by atoms with E-state index in [1.807, 2.05) is 49.4 Å². The van der Waals surface area contributed by atoms with Crippen LogP contribution in [0, 0.1) is 23.6 Å². The molecule has 2 fully saturated rings. The summed E-state index contributed by atoms with van der Waals surface area (Å²) < 4.78 is 32.5. The Bertz CT molecular complexity index is 1860. The number of fused-ring (bicyclic) bond motifs is 3. The van der Waals surface area contributed by atoms with Gasteiger partial charge in [0.2, 0.25) is 11.8 Å². The smallest absolute Gasteiger partial charge is 0.455 e. The van der Waals surface area contributed by atoms with Crippen molar-refractivity contribution >= 4 is 49.8 Å². The molecule has 12 heteroatoms. The average molecular weight is 726 g/mol. The van der Waals surface area contributed by atoms with Crippen molar-refractivity contribution < 1.29 is 42.7 Å². The van der Waals surface area contributed by atoms with Crippen LogP contribution in [0.3, 0.4) is 0 Å². The molecule has 52 heavy (non-hydrogen) atoms. The molecule has 2 N–H and O–H groups in total. The summed E-state index contributed by atoms with van der Waals surface area (Å²) in [6.45, 7) is 8.61. The molecule has 0 saturated carbocycles. The van der Waals surface area contributed by atoms with Crippen LogP contribution in [0.1, 0.15) is 52.5 Å². The first-order valence-corrected chi connectivity index (χ1v) is 19.6. The molecule has 1 aliphatic carbocycles. The number of halogens is 1. The average Bonchev–Trinajstić information content (AvgIpc) is 3.37. The highest BCUT2D eigenvalue weighted by molar-refractivity contribution is 6.99. The fourth-order valence-electron chi connectivity index (χ4n) is 8.45. The first-order chi connectivity index (χ1) is 24.8. The monoisotopic (exact) mass is 725 g/mol. The predicted molar refractivity (Wildman–Crippen MR) is 199 cm³/mol. The van der Waals surface area contributed by atoms with Crippen LogP contribution in [-0.4, -0.2) is 68.2 Å². The van der Waals surface area contributed by atoms with Gasteiger partial charge in [0.05, 0.1) is 31.7 Å². The summed E-state index contributed by atoms with van der Waals surface area (Å²) >= 11 is 0. The highest BCUT2D eigenvalue weighted by Gasteiger charge is 2.59. The Labute approximate surface area is 305 Å². The number of carbonyl (C=O) groups is 3. The second-order valence-electron chi connectivity index (χ2n) is 15.0. The second kappa shape index (κ2) is 14.9. The Hall–Kier alpha value is -4.36. The lowest BCUT2D eigenvalue weighted by Crippen LogP contribution is -2.66. The fraction of sp³-hybridized carbons (Fsp3) is 0.375. The molecule has 3 aromatic carbocycles. The minimum atomic E-state index is -3.03. The third-order valence-electron chi connectivity index (χ3n) is 10.7. The minimum absolute atomic E-state index is 0.0748. The molecule has 2 heterocycles. The number of imide groups is 3. The maximum atomic E-state index is 14.1. The molecule has 3 amide bonds. The summed E-state index contributed by atoms with van der Waals surface area (Å²) in [5.74, 6) is -4.65. The molecule has 0 radical (unpaired) electrons. The number of ether oxygens (including phenoxy) is 1. The molecule has 272 valence electrons. The van der Waals surface area contributed by atoms with Crippen LogP contribution < -0.4 is 10.4 Å². The van der Waals surface area contributed by atoms with Gasteiger partial charge in [0, 0.05) is 0 Å². The molecule has 6 rings (SSSR count). The van der Waals surface area contributed by atoms with Crippen molar-refractivity contribution in [2.75, 3.05) is 13.7 Å². The Morgan fingerprint density at radius 1 is 1.02 bits per heavy atom. The van der Waals surface area contributed by atoms with Crippen molar-refractivity contribution in [3.8, 4) is 5.75 Å². The first-order valence-electron chi connectivity index (χ1n) is 17.7. The number of allylic oxidation sites excluding steroid dienone is 1. The van der Waals surface area contributed by atoms with E-state index in [-0.39, 0.29) is 24.4 Å². The number of phenolic OH excluding ortho intramolecular Hbond substituents is 1. The molecule has 2 aliphatic heterocycles. The maximum absolute atomic E-state index is 14.1. The molecule has 0 bridgehead atoms. The number of benzene rings is 3. The standard InChI is InChI=1S/C40H45BFNO8Si/c1-25(20-26-17-18-33(44)32(42)21-26)16-19-34-35-27(22-30-36(31(35)23-41(48)51-34)38(46)43(37(30)45)39(47)49-5)24-50-52(40(2,3)4,28-12-8-6-9-13-28)29-14-10-7-11-15-29/h6-15,17-18,20-21,30-31,34,36,44,48H,16,19,22-24H2,1-5H3/b25-20+/t30-,31+,34-,36-/m1/s1. The Balaban J connectivity index is 1.42. The van der Waals surface area contributed by atoms with Crippen molar-refractivity contribution in [2.45, 2.75) is 64.4 Å². The minimum Gasteiger partial charge on any atom is -0.505 e. The second-order valence-corrected chi connectivity index (χ2v) is 19.3. The normalized spacial score (nSPS) is 22.4. The van der Waals surface area contributed by atoms with E-state index >= 15 is 0 Å². The number of rotatable bonds is 9.